The third kappa shape index (κ3) is 7.77. The maximum absolute atomic E-state index is 5.86. The van der Waals surface area contributed by atoms with E-state index in [4.69, 9.17) is 9.47 Å². The van der Waals surface area contributed by atoms with E-state index in [1.165, 1.54) is 31.5 Å². The highest BCUT2D eigenvalue weighted by Crippen LogP contribution is 2.20. The summed E-state index contributed by atoms with van der Waals surface area (Å²) >= 11 is 0. The Kier molecular flexibility index (Phi) is 9.42. The number of rotatable bonds is 9. The molecule has 0 amide bonds. The van der Waals surface area contributed by atoms with E-state index in [-0.39, 0.29) is 0 Å². The molecule has 1 aromatic carbocycles. The van der Waals surface area contributed by atoms with Crippen LogP contribution in [-0.2, 0) is 11.3 Å². The Bertz CT molecular complexity index is 592. The van der Waals surface area contributed by atoms with Gasteiger partial charge in [-0.15, -0.1) is 0 Å². The first-order chi connectivity index (χ1) is 13.1. The second-order valence-corrected chi connectivity index (χ2v) is 7.35. The predicted molar refractivity (Wildman–Crippen MR) is 112 cm³/mol. The second kappa shape index (κ2) is 11.8. The van der Waals surface area contributed by atoms with Gasteiger partial charge in [-0.05, 0) is 43.9 Å². The van der Waals surface area contributed by atoms with Crippen molar-refractivity contribution >= 4 is 5.96 Å². The van der Waals surface area contributed by atoms with Gasteiger partial charge in [0.1, 0.15) is 12.4 Å². The molecule has 6 heteroatoms. The summed E-state index contributed by atoms with van der Waals surface area (Å²) in [6.45, 7) is 10.6. The monoisotopic (exact) mass is 376 g/mol. The van der Waals surface area contributed by atoms with Gasteiger partial charge in [-0.3, -0.25) is 4.99 Å². The maximum Gasteiger partial charge on any atom is 0.191 e. The van der Waals surface area contributed by atoms with Crippen molar-refractivity contribution in [2.45, 2.75) is 33.2 Å². The van der Waals surface area contributed by atoms with E-state index in [2.05, 4.69) is 52.6 Å². The molecule has 2 N–H and O–H groups in total. The Morgan fingerprint density at radius 1 is 1.30 bits per heavy atom. The van der Waals surface area contributed by atoms with Crippen LogP contribution in [-0.4, -0.2) is 64.4 Å². The van der Waals surface area contributed by atoms with Crippen molar-refractivity contribution in [2.75, 3.05) is 53.6 Å². The number of benzene rings is 1. The van der Waals surface area contributed by atoms with Gasteiger partial charge in [-0.25, -0.2) is 0 Å². The quantitative estimate of drug-likeness (QED) is 0.394. The first-order valence-corrected chi connectivity index (χ1v) is 10.0. The predicted octanol–water partition coefficient (Wildman–Crippen LogP) is 2.42. The number of hydrogen-bond acceptors (Lipinski definition) is 4. The Morgan fingerprint density at radius 3 is 2.89 bits per heavy atom. The minimum atomic E-state index is 0.550. The summed E-state index contributed by atoms with van der Waals surface area (Å²) in [5.74, 6) is 2.54. The third-order valence-electron chi connectivity index (χ3n) is 4.90. The van der Waals surface area contributed by atoms with Crippen molar-refractivity contribution in [3.8, 4) is 5.75 Å². The van der Waals surface area contributed by atoms with E-state index >= 15 is 0 Å². The molecule has 0 bridgehead atoms. The Labute approximate surface area is 164 Å². The molecule has 1 atom stereocenters. The highest BCUT2D eigenvalue weighted by Gasteiger charge is 2.15. The van der Waals surface area contributed by atoms with E-state index in [1.807, 2.05) is 7.05 Å². The van der Waals surface area contributed by atoms with E-state index in [0.717, 1.165) is 36.3 Å². The largest absolute Gasteiger partial charge is 0.491 e. The molecule has 0 aliphatic carbocycles. The van der Waals surface area contributed by atoms with Crippen LogP contribution in [0, 0.1) is 12.8 Å². The molecule has 1 fully saturated rings. The molecule has 0 saturated carbocycles. The third-order valence-corrected chi connectivity index (χ3v) is 4.90. The lowest BCUT2D eigenvalue weighted by Gasteiger charge is -2.30. The van der Waals surface area contributed by atoms with Gasteiger partial charge in [0.15, 0.2) is 5.96 Å². The van der Waals surface area contributed by atoms with Crippen LogP contribution >= 0.6 is 0 Å². The van der Waals surface area contributed by atoms with E-state index in [1.54, 1.807) is 7.11 Å². The average molecular weight is 377 g/mol. The number of piperidine rings is 1. The lowest BCUT2D eigenvalue weighted by molar-refractivity contribution is 0.145. The standard InChI is InChI=1S/C21H36N4O2/c1-17-7-8-19(20(14-17)27-13-12-26-4)15-24-21(22-3)23-9-11-25-10-5-6-18(2)16-25/h7-8,14,18H,5-6,9-13,15-16H2,1-4H3,(H2,22,23,24). The van der Waals surface area contributed by atoms with Gasteiger partial charge in [0.05, 0.1) is 6.61 Å². The molecule has 2 rings (SSSR count). The summed E-state index contributed by atoms with van der Waals surface area (Å²) in [4.78, 5) is 6.88. The van der Waals surface area contributed by atoms with Crippen LogP contribution in [0.3, 0.4) is 0 Å². The fraction of sp³-hybridized carbons (Fsp3) is 0.667. The zero-order valence-electron chi connectivity index (χ0n) is 17.4. The summed E-state index contributed by atoms with van der Waals surface area (Å²) in [6, 6.07) is 6.28. The fourth-order valence-corrected chi connectivity index (χ4v) is 3.40. The summed E-state index contributed by atoms with van der Waals surface area (Å²) in [7, 11) is 3.49. The van der Waals surface area contributed by atoms with E-state index in [0.29, 0.717) is 19.8 Å². The summed E-state index contributed by atoms with van der Waals surface area (Å²) < 4.78 is 10.9. The van der Waals surface area contributed by atoms with Gasteiger partial charge in [-0.1, -0.05) is 19.1 Å². The van der Waals surface area contributed by atoms with Gasteiger partial charge >= 0.3 is 0 Å². The van der Waals surface area contributed by atoms with Crippen LogP contribution in [0.5, 0.6) is 5.75 Å². The van der Waals surface area contributed by atoms with Gasteiger partial charge in [0.2, 0.25) is 0 Å². The van der Waals surface area contributed by atoms with Crippen molar-refractivity contribution in [2.24, 2.45) is 10.9 Å². The molecular formula is C21H36N4O2. The zero-order chi connectivity index (χ0) is 19.5. The lowest BCUT2D eigenvalue weighted by Crippen LogP contribution is -2.43. The summed E-state index contributed by atoms with van der Waals surface area (Å²) in [5.41, 5.74) is 2.30. The molecule has 0 radical (unpaired) electrons. The highest BCUT2D eigenvalue weighted by molar-refractivity contribution is 5.79. The fourth-order valence-electron chi connectivity index (χ4n) is 3.40. The molecule has 1 heterocycles. The average Bonchev–Trinajstić information content (AvgIpc) is 2.66. The molecule has 0 spiro atoms. The Hall–Kier alpha value is -1.79. The van der Waals surface area contributed by atoms with E-state index in [9.17, 15) is 0 Å². The van der Waals surface area contributed by atoms with Crippen molar-refractivity contribution in [3.63, 3.8) is 0 Å². The number of nitrogens with one attached hydrogen (secondary N) is 2. The molecular weight excluding hydrogens is 340 g/mol. The molecule has 1 aromatic rings. The molecule has 6 nitrogen and oxygen atoms in total. The van der Waals surface area contributed by atoms with Crippen LogP contribution in [0.4, 0.5) is 0 Å². The number of hydrogen-bond donors (Lipinski definition) is 2. The van der Waals surface area contributed by atoms with Gasteiger partial charge < -0.3 is 25.0 Å². The van der Waals surface area contributed by atoms with Gasteiger partial charge in [0, 0.05) is 45.9 Å². The normalized spacial score (nSPS) is 18.4. The number of methoxy groups -OCH3 is 1. The zero-order valence-corrected chi connectivity index (χ0v) is 17.4. The Morgan fingerprint density at radius 2 is 2.15 bits per heavy atom. The summed E-state index contributed by atoms with van der Waals surface area (Å²) in [5, 5.41) is 6.81. The van der Waals surface area contributed by atoms with Crippen molar-refractivity contribution in [1.29, 1.82) is 0 Å². The highest BCUT2D eigenvalue weighted by atomic mass is 16.5. The number of aliphatic imine (C=N–C) groups is 1. The first-order valence-electron chi connectivity index (χ1n) is 10.0. The number of guanidine groups is 1. The van der Waals surface area contributed by atoms with Gasteiger partial charge in [0.25, 0.3) is 0 Å². The van der Waals surface area contributed by atoms with Crippen molar-refractivity contribution < 1.29 is 9.47 Å². The molecule has 27 heavy (non-hydrogen) atoms. The van der Waals surface area contributed by atoms with Crippen LogP contribution in [0.1, 0.15) is 30.9 Å². The smallest absolute Gasteiger partial charge is 0.191 e. The van der Waals surface area contributed by atoms with Gasteiger partial charge in [-0.2, -0.15) is 0 Å². The van der Waals surface area contributed by atoms with Crippen molar-refractivity contribution in [3.05, 3.63) is 29.3 Å². The maximum atomic E-state index is 5.86. The lowest BCUT2D eigenvalue weighted by atomic mass is 10.0. The van der Waals surface area contributed by atoms with E-state index < -0.39 is 0 Å². The van der Waals surface area contributed by atoms with Crippen LogP contribution in [0.15, 0.2) is 23.2 Å². The topological polar surface area (TPSA) is 58.1 Å². The van der Waals surface area contributed by atoms with Crippen LogP contribution in [0.2, 0.25) is 0 Å². The van der Waals surface area contributed by atoms with Crippen LogP contribution < -0.4 is 15.4 Å². The number of ether oxygens (including phenoxy) is 2. The minimum absolute atomic E-state index is 0.550. The van der Waals surface area contributed by atoms with Crippen LogP contribution in [0.25, 0.3) is 0 Å². The molecule has 1 unspecified atom stereocenters. The molecule has 1 aliphatic heterocycles. The first kappa shape index (κ1) is 21.5. The molecule has 1 saturated heterocycles. The molecule has 0 aromatic heterocycles. The molecule has 152 valence electrons. The van der Waals surface area contributed by atoms with Crippen molar-refractivity contribution in [1.82, 2.24) is 15.5 Å². The minimum Gasteiger partial charge on any atom is -0.491 e. The number of nitrogens with zero attached hydrogens (tertiary/aromatic N) is 2. The number of aryl methyl sites for hydroxylation is 1. The second-order valence-electron chi connectivity index (χ2n) is 7.35. The SMILES string of the molecule is CN=C(NCCN1CCCC(C)C1)NCc1ccc(C)cc1OCCOC. The Balaban J connectivity index is 1.79. The summed E-state index contributed by atoms with van der Waals surface area (Å²) in [6.07, 6.45) is 2.67. The molecule has 1 aliphatic rings. The number of likely N-dealkylation sites (tertiary alicyclic amines) is 1.